The van der Waals surface area contributed by atoms with E-state index in [0.717, 1.165) is 31.6 Å². The van der Waals surface area contributed by atoms with Crippen molar-refractivity contribution in [3.63, 3.8) is 0 Å². The third-order valence-electron chi connectivity index (χ3n) is 6.41. The molecule has 32 heavy (non-hydrogen) atoms. The highest BCUT2D eigenvalue weighted by Crippen LogP contribution is 2.16. The molecule has 0 radical (unpaired) electrons. The van der Waals surface area contributed by atoms with E-state index in [2.05, 4.69) is 57.2 Å². The van der Waals surface area contributed by atoms with Crippen LogP contribution in [0.25, 0.3) is 0 Å². The van der Waals surface area contributed by atoms with Gasteiger partial charge in [-0.05, 0) is 89.4 Å². The van der Waals surface area contributed by atoms with E-state index in [1.54, 1.807) is 0 Å². The third kappa shape index (κ3) is 25.4. The van der Waals surface area contributed by atoms with Gasteiger partial charge in [-0.3, -0.25) is 0 Å². The number of unbranched alkanes of at least 4 members (excludes halogenated alkanes) is 10. The molecule has 1 nitrogen and oxygen atoms in total. The van der Waals surface area contributed by atoms with Crippen LogP contribution < -0.4 is 0 Å². The molecule has 1 heteroatoms. The number of hydrogen-bond acceptors (Lipinski definition) is 1. The molecule has 0 amide bonds. The molecule has 2 atom stereocenters. The van der Waals surface area contributed by atoms with E-state index in [9.17, 15) is 5.11 Å². The molecule has 0 saturated carbocycles. The lowest BCUT2D eigenvalue weighted by Gasteiger charge is -2.09. The quantitative estimate of drug-likeness (QED) is 0.115. The molecule has 0 fully saturated rings. The van der Waals surface area contributed by atoms with Gasteiger partial charge in [0, 0.05) is 0 Å². The molecule has 0 spiro atoms. The standard InChI is InChI=1S/C31H58O/c1-4-6-8-10-12-14-16-20-24-28-31(32)29-25-21-17-19-23-27-30(3)26-22-18-15-13-11-9-7-5-2/h12-15,17,21,30-32H,4-11,16,18-20,22-29H2,1-3H3/b14-12?,15-13-,21-17?. The van der Waals surface area contributed by atoms with Crippen molar-refractivity contribution in [2.75, 3.05) is 0 Å². The van der Waals surface area contributed by atoms with Gasteiger partial charge in [0.15, 0.2) is 0 Å². The van der Waals surface area contributed by atoms with E-state index < -0.39 is 0 Å². The average Bonchev–Trinajstić information content (AvgIpc) is 2.79. The summed E-state index contributed by atoms with van der Waals surface area (Å²) in [6, 6.07) is 0. The highest BCUT2D eigenvalue weighted by molar-refractivity contribution is 4.84. The first-order valence-electron chi connectivity index (χ1n) is 14.3. The van der Waals surface area contributed by atoms with Crippen LogP contribution in [0.15, 0.2) is 36.5 Å². The molecule has 2 unspecified atom stereocenters. The molecule has 0 heterocycles. The fourth-order valence-electron chi connectivity index (χ4n) is 4.12. The first-order chi connectivity index (χ1) is 15.7. The molecule has 1 N–H and O–H groups in total. The molecule has 0 aliphatic carbocycles. The van der Waals surface area contributed by atoms with E-state index in [0.29, 0.717) is 0 Å². The zero-order valence-corrected chi connectivity index (χ0v) is 22.2. The Hall–Kier alpha value is -0.820. The minimum Gasteiger partial charge on any atom is -0.393 e. The topological polar surface area (TPSA) is 20.2 Å². The van der Waals surface area contributed by atoms with Crippen molar-refractivity contribution in [2.24, 2.45) is 5.92 Å². The number of allylic oxidation sites excluding steroid dienone is 6. The van der Waals surface area contributed by atoms with Crippen molar-refractivity contribution in [1.29, 1.82) is 0 Å². The normalized spacial score (nSPS) is 14.2. The summed E-state index contributed by atoms with van der Waals surface area (Å²) in [7, 11) is 0. The Morgan fingerprint density at radius 3 is 1.34 bits per heavy atom. The number of aliphatic hydroxyl groups excluding tert-OH is 1. The van der Waals surface area contributed by atoms with Crippen LogP contribution in [0.5, 0.6) is 0 Å². The van der Waals surface area contributed by atoms with Crippen LogP contribution >= 0.6 is 0 Å². The summed E-state index contributed by atoms with van der Waals surface area (Å²) in [6.45, 7) is 6.93. The smallest absolute Gasteiger partial charge is 0.0543 e. The van der Waals surface area contributed by atoms with Crippen LogP contribution in [-0.4, -0.2) is 11.2 Å². The van der Waals surface area contributed by atoms with Gasteiger partial charge < -0.3 is 5.11 Å². The summed E-state index contributed by atoms with van der Waals surface area (Å²) in [5.74, 6) is 0.852. The second kappa shape index (κ2) is 26.4. The molecule has 0 aromatic carbocycles. The van der Waals surface area contributed by atoms with Gasteiger partial charge in [0.2, 0.25) is 0 Å². The summed E-state index contributed by atoms with van der Waals surface area (Å²) in [4.78, 5) is 0. The molecule has 0 aliphatic heterocycles. The van der Waals surface area contributed by atoms with Crippen LogP contribution in [0.4, 0.5) is 0 Å². The lowest BCUT2D eigenvalue weighted by Crippen LogP contribution is -2.05. The minimum absolute atomic E-state index is 0.117. The minimum atomic E-state index is -0.117. The Morgan fingerprint density at radius 2 is 0.875 bits per heavy atom. The van der Waals surface area contributed by atoms with Gasteiger partial charge in [-0.25, -0.2) is 0 Å². The summed E-state index contributed by atoms with van der Waals surface area (Å²) in [5.41, 5.74) is 0. The molecule has 0 aliphatic rings. The first kappa shape index (κ1) is 31.2. The third-order valence-corrected chi connectivity index (χ3v) is 6.41. The average molecular weight is 447 g/mol. The van der Waals surface area contributed by atoms with Gasteiger partial charge in [0.1, 0.15) is 0 Å². The monoisotopic (exact) mass is 446 g/mol. The Morgan fingerprint density at radius 1 is 0.469 bits per heavy atom. The van der Waals surface area contributed by atoms with Crippen LogP contribution in [0.1, 0.15) is 149 Å². The van der Waals surface area contributed by atoms with Crippen molar-refractivity contribution < 1.29 is 5.11 Å². The van der Waals surface area contributed by atoms with Crippen LogP contribution in [-0.2, 0) is 0 Å². The second-order valence-corrected chi connectivity index (χ2v) is 9.89. The van der Waals surface area contributed by atoms with E-state index in [1.165, 1.54) is 103 Å². The van der Waals surface area contributed by atoms with Crippen molar-refractivity contribution in [3.05, 3.63) is 36.5 Å². The number of aliphatic hydroxyl groups is 1. The summed E-state index contributed by atoms with van der Waals surface area (Å²) >= 11 is 0. The van der Waals surface area contributed by atoms with Crippen molar-refractivity contribution in [3.8, 4) is 0 Å². The second-order valence-electron chi connectivity index (χ2n) is 9.89. The maximum Gasteiger partial charge on any atom is 0.0543 e. The first-order valence-corrected chi connectivity index (χ1v) is 14.3. The zero-order valence-electron chi connectivity index (χ0n) is 22.2. The molecule has 0 rings (SSSR count). The lowest BCUT2D eigenvalue weighted by molar-refractivity contribution is 0.152. The molecular formula is C31H58O. The Balaban J connectivity index is 3.44. The van der Waals surface area contributed by atoms with E-state index in [-0.39, 0.29) is 6.10 Å². The molecule has 0 aromatic heterocycles. The predicted octanol–water partition coefficient (Wildman–Crippen LogP) is 10.5. The van der Waals surface area contributed by atoms with E-state index >= 15 is 0 Å². The number of hydrogen-bond donors (Lipinski definition) is 1. The largest absolute Gasteiger partial charge is 0.393 e. The van der Waals surface area contributed by atoms with Crippen molar-refractivity contribution in [1.82, 2.24) is 0 Å². The maximum atomic E-state index is 10.1. The highest BCUT2D eigenvalue weighted by Gasteiger charge is 2.02. The molecular weight excluding hydrogens is 388 g/mol. The summed E-state index contributed by atoms with van der Waals surface area (Å²) in [5, 5.41) is 10.1. The number of rotatable bonds is 24. The van der Waals surface area contributed by atoms with Crippen molar-refractivity contribution >= 4 is 0 Å². The highest BCUT2D eigenvalue weighted by atomic mass is 16.3. The van der Waals surface area contributed by atoms with Crippen LogP contribution in [0.2, 0.25) is 0 Å². The van der Waals surface area contributed by atoms with Crippen molar-refractivity contribution in [2.45, 2.75) is 155 Å². The van der Waals surface area contributed by atoms with Gasteiger partial charge in [-0.2, -0.15) is 0 Å². The van der Waals surface area contributed by atoms with Gasteiger partial charge in [-0.15, -0.1) is 0 Å². The van der Waals surface area contributed by atoms with Gasteiger partial charge in [-0.1, -0.05) is 102 Å². The van der Waals surface area contributed by atoms with E-state index in [1.807, 2.05) is 0 Å². The molecule has 0 bridgehead atoms. The van der Waals surface area contributed by atoms with Crippen LogP contribution in [0, 0.1) is 5.92 Å². The summed E-state index contributed by atoms with van der Waals surface area (Å²) < 4.78 is 0. The van der Waals surface area contributed by atoms with Gasteiger partial charge in [0.25, 0.3) is 0 Å². The molecule has 0 saturated heterocycles. The SMILES string of the molecule is CCCCCC=CCCCCC(O)CCC=CCCCC(C)CCC/C=C\CCCCC. The predicted molar refractivity (Wildman–Crippen MR) is 146 cm³/mol. The Kier molecular flexibility index (Phi) is 25.8. The van der Waals surface area contributed by atoms with E-state index in [4.69, 9.17) is 0 Å². The zero-order chi connectivity index (χ0) is 23.5. The van der Waals surface area contributed by atoms with Gasteiger partial charge in [0.05, 0.1) is 6.10 Å². The Labute approximate surface area is 202 Å². The molecule has 188 valence electrons. The fourth-order valence-corrected chi connectivity index (χ4v) is 4.12. The van der Waals surface area contributed by atoms with Crippen LogP contribution in [0.3, 0.4) is 0 Å². The maximum absolute atomic E-state index is 10.1. The van der Waals surface area contributed by atoms with Gasteiger partial charge >= 0.3 is 0 Å². The summed E-state index contributed by atoms with van der Waals surface area (Å²) in [6.07, 6.45) is 38.7. The fraction of sp³-hybridized carbons (Fsp3) is 0.806. The Bertz CT molecular complexity index is 434. The molecule has 0 aromatic rings. The lowest BCUT2D eigenvalue weighted by atomic mass is 9.97.